The highest BCUT2D eigenvalue weighted by atomic mass is 32.1. The van der Waals surface area contributed by atoms with Gasteiger partial charge in [0.25, 0.3) is 5.91 Å². The molecule has 1 aromatic carbocycles. The van der Waals surface area contributed by atoms with Gasteiger partial charge >= 0.3 is 0 Å². The molecule has 124 valence electrons. The molecule has 1 amide bonds. The average molecular weight is 346 g/mol. The van der Waals surface area contributed by atoms with Crippen LogP contribution in [0.2, 0.25) is 0 Å². The maximum Gasteiger partial charge on any atom is 0.271 e. The molecule has 0 fully saturated rings. The van der Waals surface area contributed by atoms with E-state index in [1.54, 1.807) is 24.4 Å². The van der Waals surface area contributed by atoms with Crippen LogP contribution in [0.5, 0.6) is 0 Å². The van der Waals surface area contributed by atoms with Crippen LogP contribution in [-0.4, -0.2) is 22.0 Å². The first-order valence-electron chi connectivity index (χ1n) is 7.28. The van der Waals surface area contributed by atoms with Gasteiger partial charge in [0.05, 0.1) is 18.4 Å². The van der Waals surface area contributed by atoms with E-state index < -0.39 is 18.1 Å². The fourth-order valence-corrected chi connectivity index (χ4v) is 2.97. The van der Waals surface area contributed by atoms with Gasteiger partial charge in [-0.05, 0) is 36.8 Å². The van der Waals surface area contributed by atoms with Crippen LogP contribution < -0.4 is 5.32 Å². The Labute approximate surface area is 141 Å². The largest absolute Gasteiger partial charge is 0.462 e. The van der Waals surface area contributed by atoms with E-state index in [0.29, 0.717) is 16.3 Å². The van der Waals surface area contributed by atoms with E-state index in [-0.39, 0.29) is 11.5 Å². The van der Waals surface area contributed by atoms with Crippen LogP contribution in [-0.2, 0) is 0 Å². The summed E-state index contributed by atoms with van der Waals surface area (Å²) in [5.41, 5.74) is 0.781. The number of aromatic nitrogens is 1. The molecule has 0 aliphatic heterocycles. The number of rotatable bonds is 5. The zero-order valence-electron chi connectivity index (χ0n) is 12.8. The number of hydrogen-bond acceptors (Lipinski definition) is 5. The molecule has 2 N–H and O–H groups in total. The highest BCUT2D eigenvalue weighted by Gasteiger charge is 2.21. The van der Waals surface area contributed by atoms with Crippen molar-refractivity contribution in [3.05, 3.63) is 65.1 Å². The lowest BCUT2D eigenvalue weighted by molar-refractivity contribution is 0.0848. The molecule has 24 heavy (non-hydrogen) atoms. The lowest BCUT2D eigenvalue weighted by Gasteiger charge is -2.20. The van der Waals surface area contributed by atoms with E-state index in [9.17, 15) is 14.3 Å². The first-order valence-corrected chi connectivity index (χ1v) is 8.16. The van der Waals surface area contributed by atoms with Crippen molar-refractivity contribution >= 4 is 17.2 Å². The maximum absolute atomic E-state index is 12.9. The van der Waals surface area contributed by atoms with Gasteiger partial charge in [0.1, 0.15) is 11.5 Å². The summed E-state index contributed by atoms with van der Waals surface area (Å²) in [5.74, 6) is -0.174. The zero-order chi connectivity index (χ0) is 17.1. The molecule has 7 heteroatoms. The number of furan rings is 1. The molecule has 0 saturated heterocycles. The number of nitrogens with one attached hydrogen (secondary N) is 1. The molecule has 3 rings (SSSR count). The molecule has 2 aromatic heterocycles. The van der Waals surface area contributed by atoms with E-state index >= 15 is 0 Å². The molecule has 0 spiro atoms. The minimum absolute atomic E-state index is 0.254. The number of halogens is 1. The molecular formula is C17H15FN2O3S. The van der Waals surface area contributed by atoms with Crippen LogP contribution in [0.15, 0.2) is 52.5 Å². The molecular weight excluding hydrogens is 331 g/mol. The Morgan fingerprint density at radius 3 is 2.75 bits per heavy atom. The number of aliphatic hydroxyl groups excluding tert-OH is 1. The van der Waals surface area contributed by atoms with Crippen molar-refractivity contribution in [3.63, 3.8) is 0 Å². The van der Waals surface area contributed by atoms with E-state index in [1.165, 1.54) is 41.9 Å². The number of carbonyl (C=O) groups is 1. The van der Waals surface area contributed by atoms with Crippen molar-refractivity contribution in [3.8, 4) is 10.8 Å². The molecule has 0 aliphatic carbocycles. The topological polar surface area (TPSA) is 75.4 Å². The Hall–Kier alpha value is -2.51. The molecule has 2 unspecified atom stereocenters. The monoisotopic (exact) mass is 346 g/mol. The third-order valence-corrected chi connectivity index (χ3v) is 4.37. The van der Waals surface area contributed by atoms with Crippen LogP contribution in [0.4, 0.5) is 4.39 Å². The molecule has 0 saturated carbocycles. The van der Waals surface area contributed by atoms with Gasteiger partial charge in [-0.3, -0.25) is 4.79 Å². The number of amides is 1. The number of nitrogens with zero attached hydrogens (tertiary/aromatic N) is 1. The molecule has 0 aliphatic rings. The molecule has 0 bridgehead atoms. The van der Waals surface area contributed by atoms with Crippen molar-refractivity contribution in [1.29, 1.82) is 0 Å². The van der Waals surface area contributed by atoms with Crippen molar-refractivity contribution in [2.45, 2.75) is 19.1 Å². The summed E-state index contributed by atoms with van der Waals surface area (Å²) in [6, 6.07) is 8.46. The van der Waals surface area contributed by atoms with Gasteiger partial charge < -0.3 is 14.8 Å². The first-order chi connectivity index (χ1) is 11.5. The fraction of sp³-hybridized carbons (Fsp3) is 0.176. The Bertz CT molecular complexity index is 815. The summed E-state index contributed by atoms with van der Waals surface area (Å²) in [7, 11) is 0. The lowest BCUT2D eigenvalue weighted by atomic mass is 10.0. The van der Waals surface area contributed by atoms with E-state index in [4.69, 9.17) is 4.42 Å². The summed E-state index contributed by atoms with van der Waals surface area (Å²) < 4.78 is 18.2. The van der Waals surface area contributed by atoms with Crippen molar-refractivity contribution in [2.24, 2.45) is 0 Å². The summed E-state index contributed by atoms with van der Waals surface area (Å²) in [4.78, 5) is 16.5. The summed E-state index contributed by atoms with van der Waals surface area (Å²) in [5, 5.41) is 15.2. The normalized spacial score (nSPS) is 13.5. The third kappa shape index (κ3) is 3.52. The third-order valence-electron chi connectivity index (χ3n) is 3.51. The summed E-state index contributed by atoms with van der Waals surface area (Å²) in [6.45, 7) is 1.67. The fourth-order valence-electron chi connectivity index (χ4n) is 2.20. The first kappa shape index (κ1) is 16.4. The highest BCUT2D eigenvalue weighted by Crippen LogP contribution is 2.24. The molecule has 2 heterocycles. The second-order valence-corrected chi connectivity index (χ2v) is 6.13. The van der Waals surface area contributed by atoms with Crippen LogP contribution in [0.3, 0.4) is 0 Å². The van der Waals surface area contributed by atoms with E-state index in [1.807, 2.05) is 0 Å². The van der Waals surface area contributed by atoms with Gasteiger partial charge in [0.2, 0.25) is 0 Å². The molecule has 3 aromatic rings. The maximum atomic E-state index is 12.9. The Morgan fingerprint density at radius 1 is 1.33 bits per heavy atom. The van der Waals surface area contributed by atoms with Crippen LogP contribution in [0.1, 0.15) is 29.1 Å². The van der Waals surface area contributed by atoms with Gasteiger partial charge in [0, 0.05) is 5.38 Å². The summed E-state index contributed by atoms with van der Waals surface area (Å²) in [6.07, 6.45) is 0.593. The van der Waals surface area contributed by atoms with Crippen molar-refractivity contribution in [1.82, 2.24) is 10.3 Å². The summed E-state index contributed by atoms with van der Waals surface area (Å²) >= 11 is 1.30. The Morgan fingerprint density at radius 2 is 2.08 bits per heavy atom. The average Bonchev–Trinajstić information content (AvgIpc) is 3.26. The molecule has 2 atom stereocenters. The lowest BCUT2D eigenvalue weighted by Crippen LogP contribution is -2.37. The minimum Gasteiger partial charge on any atom is -0.462 e. The van der Waals surface area contributed by atoms with Crippen LogP contribution in [0, 0.1) is 5.82 Å². The van der Waals surface area contributed by atoms with Gasteiger partial charge in [-0.25, -0.2) is 9.37 Å². The Kier molecular flexibility index (Phi) is 4.73. The number of carbonyl (C=O) groups excluding carboxylic acids is 1. The quantitative estimate of drug-likeness (QED) is 0.742. The number of thiazole rings is 1. The number of benzene rings is 1. The van der Waals surface area contributed by atoms with Gasteiger partial charge in [-0.2, -0.15) is 0 Å². The second kappa shape index (κ2) is 6.94. The molecule has 5 nitrogen and oxygen atoms in total. The second-order valence-electron chi connectivity index (χ2n) is 5.27. The standard InChI is InChI=1S/C17H15FN2O3S/c1-10(15(21)11-4-6-12(18)7-5-11)19-16(22)13-9-24-17(20-13)14-3-2-8-23-14/h2-10,15,21H,1H3,(H,19,22). The van der Waals surface area contributed by atoms with Crippen LogP contribution in [0.25, 0.3) is 10.8 Å². The van der Waals surface area contributed by atoms with Crippen molar-refractivity contribution in [2.75, 3.05) is 0 Å². The van der Waals surface area contributed by atoms with Gasteiger partial charge in [-0.1, -0.05) is 12.1 Å². The SMILES string of the molecule is CC(NC(=O)c1csc(-c2ccco2)n1)C(O)c1ccc(F)cc1. The minimum atomic E-state index is -0.947. The Balaban J connectivity index is 1.66. The number of hydrogen-bond donors (Lipinski definition) is 2. The zero-order valence-corrected chi connectivity index (χ0v) is 13.6. The highest BCUT2D eigenvalue weighted by molar-refractivity contribution is 7.13. The predicted molar refractivity (Wildman–Crippen MR) is 88.1 cm³/mol. The van der Waals surface area contributed by atoms with E-state index in [2.05, 4.69) is 10.3 Å². The smallest absolute Gasteiger partial charge is 0.271 e. The van der Waals surface area contributed by atoms with Crippen LogP contribution >= 0.6 is 11.3 Å². The van der Waals surface area contributed by atoms with Gasteiger partial charge in [-0.15, -0.1) is 11.3 Å². The van der Waals surface area contributed by atoms with Crippen molar-refractivity contribution < 1.29 is 18.7 Å². The van der Waals surface area contributed by atoms with Gasteiger partial charge in [0.15, 0.2) is 10.8 Å². The van der Waals surface area contributed by atoms with E-state index in [0.717, 1.165) is 0 Å². The predicted octanol–water partition coefficient (Wildman–Crippen LogP) is 3.39. The number of aliphatic hydroxyl groups is 1. The molecule has 0 radical (unpaired) electrons.